The molecule has 1 atom stereocenters. The summed E-state index contributed by atoms with van der Waals surface area (Å²) < 4.78 is 28.8. The first-order valence-electron chi connectivity index (χ1n) is 5.52. The van der Waals surface area contributed by atoms with Crippen molar-refractivity contribution in [2.45, 2.75) is 25.9 Å². The van der Waals surface area contributed by atoms with Crippen LogP contribution < -0.4 is 15.8 Å². The van der Waals surface area contributed by atoms with Crippen LogP contribution in [0.3, 0.4) is 0 Å². The Kier molecular flexibility index (Phi) is 5.51. The minimum absolute atomic E-state index is 0.270. The molecule has 0 saturated carbocycles. The van der Waals surface area contributed by atoms with Crippen LogP contribution in [0.4, 0.5) is 8.78 Å². The number of hydrogen-bond acceptors (Lipinski definition) is 3. The van der Waals surface area contributed by atoms with E-state index in [-0.39, 0.29) is 12.5 Å². The van der Waals surface area contributed by atoms with Gasteiger partial charge in [0.05, 0.1) is 6.04 Å². The Morgan fingerprint density at radius 1 is 1.50 bits per heavy atom. The Labute approximate surface area is 104 Å². The highest BCUT2D eigenvalue weighted by Crippen LogP contribution is 2.14. The zero-order valence-corrected chi connectivity index (χ0v) is 10.0. The lowest BCUT2D eigenvalue weighted by molar-refractivity contribution is -0.122. The summed E-state index contributed by atoms with van der Waals surface area (Å²) in [6, 6.07) is 6.04. The van der Waals surface area contributed by atoms with Gasteiger partial charge in [0.1, 0.15) is 12.4 Å². The minimum atomic E-state index is -2.51. The molecule has 1 aromatic rings. The second kappa shape index (κ2) is 6.90. The number of hydrogen-bond donors (Lipinski definition) is 2. The standard InChI is InChI=1S/C12H16F2N2O2/c1-8(15)12(17)16-6-9-3-2-4-10(5-9)18-7-11(13)14/h2-5,8,11H,6-7,15H2,1H3,(H,16,17)/t8-/m0/s1. The van der Waals surface area contributed by atoms with Crippen LogP contribution in [0.2, 0.25) is 0 Å². The largest absolute Gasteiger partial charge is 0.488 e. The predicted molar refractivity (Wildman–Crippen MR) is 63.4 cm³/mol. The van der Waals surface area contributed by atoms with Crippen LogP contribution in [0.5, 0.6) is 5.75 Å². The van der Waals surface area contributed by atoms with Crippen molar-refractivity contribution < 1.29 is 18.3 Å². The Morgan fingerprint density at radius 2 is 2.22 bits per heavy atom. The molecule has 0 radical (unpaired) electrons. The van der Waals surface area contributed by atoms with Gasteiger partial charge in [-0.1, -0.05) is 12.1 Å². The highest BCUT2D eigenvalue weighted by atomic mass is 19.3. The van der Waals surface area contributed by atoms with Crippen molar-refractivity contribution in [2.24, 2.45) is 5.73 Å². The molecule has 0 unspecified atom stereocenters. The van der Waals surface area contributed by atoms with Crippen LogP contribution in [-0.2, 0) is 11.3 Å². The van der Waals surface area contributed by atoms with Gasteiger partial charge in [-0.25, -0.2) is 8.78 Å². The average molecular weight is 258 g/mol. The summed E-state index contributed by atoms with van der Waals surface area (Å²) in [6.07, 6.45) is -2.51. The first-order chi connectivity index (χ1) is 8.49. The molecule has 0 fully saturated rings. The van der Waals surface area contributed by atoms with E-state index in [2.05, 4.69) is 5.32 Å². The van der Waals surface area contributed by atoms with Crippen molar-refractivity contribution in [3.8, 4) is 5.75 Å². The fraction of sp³-hybridized carbons (Fsp3) is 0.417. The molecule has 1 amide bonds. The molecule has 0 aliphatic carbocycles. The smallest absolute Gasteiger partial charge is 0.272 e. The molecule has 4 nitrogen and oxygen atoms in total. The van der Waals surface area contributed by atoms with E-state index in [1.165, 1.54) is 0 Å². The van der Waals surface area contributed by atoms with Gasteiger partial charge in [0.2, 0.25) is 5.91 Å². The minimum Gasteiger partial charge on any atom is -0.488 e. The maximum absolute atomic E-state index is 12.0. The van der Waals surface area contributed by atoms with E-state index in [4.69, 9.17) is 10.5 Å². The van der Waals surface area contributed by atoms with Crippen LogP contribution in [0, 0.1) is 0 Å². The fourth-order valence-electron chi connectivity index (χ4n) is 1.25. The number of amides is 1. The van der Waals surface area contributed by atoms with Gasteiger partial charge in [-0.15, -0.1) is 0 Å². The van der Waals surface area contributed by atoms with Crippen LogP contribution in [-0.4, -0.2) is 25.0 Å². The van der Waals surface area contributed by atoms with Gasteiger partial charge in [0.25, 0.3) is 6.43 Å². The third kappa shape index (κ3) is 5.09. The third-order valence-corrected chi connectivity index (χ3v) is 2.15. The number of nitrogens with two attached hydrogens (primary N) is 1. The second-order valence-electron chi connectivity index (χ2n) is 3.86. The molecule has 3 N–H and O–H groups in total. The van der Waals surface area contributed by atoms with E-state index in [1.807, 2.05) is 0 Å². The van der Waals surface area contributed by atoms with Crippen molar-refractivity contribution in [1.29, 1.82) is 0 Å². The zero-order valence-electron chi connectivity index (χ0n) is 10.0. The number of alkyl halides is 2. The summed E-state index contributed by atoms with van der Waals surface area (Å²) in [7, 11) is 0. The van der Waals surface area contributed by atoms with Crippen molar-refractivity contribution in [3.63, 3.8) is 0 Å². The highest BCUT2D eigenvalue weighted by molar-refractivity contribution is 5.80. The molecule has 0 bridgehead atoms. The number of halogens is 2. The number of rotatable bonds is 6. The SMILES string of the molecule is C[C@H](N)C(=O)NCc1cccc(OCC(F)F)c1. The van der Waals surface area contributed by atoms with Gasteiger partial charge in [0, 0.05) is 6.54 Å². The van der Waals surface area contributed by atoms with E-state index < -0.39 is 19.1 Å². The second-order valence-corrected chi connectivity index (χ2v) is 3.86. The zero-order chi connectivity index (χ0) is 13.5. The van der Waals surface area contributed by atoms with E-state index in [0.717, 1.165) is 5.56 Å². The molecule has 0 saturated heterocycles. The number of nitrogens with one attached hydrogen (secondary N) is 1. The van der Waals surface area contributed by atoms with Gasteiger partial charge >= 0.3 is 0 Å². The molecule has 0 spiro atoms. The van der Waals surface area contributed by atoms with Crippen LogP contribution in [0.25, 0.3) is 0 Å². The van der Waals surface area contributed by atoms with Crippen LogP contribution in [0.1, 0.15) is 12.5 Å². The third-order valence-electron chi connectivity index (χ3n) is 2.15. The molecule has 6 heteroatoms. The van der Waals surface area contributed by atoms with Crippen LogP contribution >= 0.6 is 0 Å². The summed E-state index contributed by atoms with van der Waals surface area (Å²) >= 11 is 0. The van der Waals surface area contributed by atoms with Gasteiger partial charge in [0.15, 0.2) is 0 Å². The van der Waals surface area contributed by atoms with Crippen molar-refractivity contribution >= 4 is 5.91 Å². The average Bonchev–Trinajstić information content (AvgIpc) is 2.33. The molecule has 0 aliphatic rings. The molecule has 0 aliphatic heterocycles. The monoisotopic (exact) mass is 258 g/mol. The molecule has 0 heterocycles. The predicted octanol–water partition coefficient (Wildman–Crippen LogP) is 1.29. The van der Waals surface area contributed by atoms with E-state index in [9.17, 15) is 13.6 Å². The summed E-state index contributed by atoms with van der Waals surface area (Å²) in [5.41, 5.74) is 6.15. The number of carbonyl (C=O) groups is 1. The van der Waals surface area contributed by atoms with Gasteiger partial charge in [-0.3, -0.25) is 4.79 Å². The quantitative estimate of drug-likeness (QED) is 0.808. The van der Waals surface area contributed by atoms with Crippen LogP contribution in [0.15, 0.2) is 24.3 Å². The fourth-order valence-corrected chi connectivity index (χ4v) is 1.25. The lowest BCUT2D eigenvalue weighted by atomic mass is 10.2. The first kappa shape index (κ1) is 14.4. The molecule has 0 aromatic heterocycles. The number of ether oxygens (including phenoxy) is 1. The molecular weight excluding hydrogens is 242 g/mol. The molecular formula is C12H16F2N2O2. The maximum atomic E-state index is 12.0. The lowest BCUT2D eigenvalue weighted by Gasteiger charge is -2.10. The Morgan fingerprint density at radius 3 is 2.83 bits per heavy atom. The lowest BCUT2D eigenvalue weighted by Crippen LogP contribution is -2.37. The van der Waals surface area contributed by atoms with E-state index in [0.29, 0.717) is 5.75 Å². The molecule has 1 aromatic carbocycles. The number of benzene rings is 1. The Balaban J connectivity index is 2.51. The molecule has 1 rings (SSSR count). The van der Waals surface area contributed by atoms with E-state index >= 15 is 0 Å². The van der Waals surface area contributed by atoms with Crippen molar-refractivity contribution in [3.05, 3.63) is 29.8 Å². The first-order valence-corrected chi connectivity index (χ1v) is 5.52. The van der Waals surface area contributed by atoms with Crippen molar-refractivity contribution in [1.82, 2.24) is 5.32 Å². The summed E-state index contributed by atoms with van der Waals surface area (Å²) in [5.74, 6) is 0.0803. The van der Waals surface area contributed by atoms with E-state index in [1.54, 1.807) is 31.2 Å². The van der Waals surface area contributed by atoms with Gasteiger partial charge in [-0.05, 0) is 24.6 Å². The normalized spacial score (nSPS) is 12.3. The summed E-state index contributed by atoms with van der Waals surface area (Å²) in [4.78, 5) is 11.2. The topological polar surface area (TPSA) is 64.4 Å². The Hall–Kier alpha value is -1.69. The number of carbonyl (C=O) groups excluding carboxylic acids is 1. The van der Waals surface area contributed by atoms with Crippen molar-refractivity contribution in [2.75, 3.05) is 6.61 Å². The maximum Gasteiger partial charge on any atom is 0.272 e. The Bertz CT molecular complexity index is 397. The highest BCUT2D eigenvalue weighted by Gasteiger charge is 2.07. The van der Waals surface area contributed by atoms with Gasteiger partial charge < -0.3 is 15.8 Å². The molecule has 18 heavy (non-hydrogen) atoms. The molecule has 100 valence electrons. The summed E-state index contributed by atoms with van der Waals surface area (Å²) in [5, 5.41) is 2.62. The summed E-state index contributed by atoms with van der Waals surface area (Å²) in [6.45, 7) is 1.22. The van der Waals surface area contributed by atoms with Gasteiger partial charge in [-0.2, -0.15) is 0 Å².